The molecule has 5 rings (SSSR count). The van der Waals surface area contributed by atoms with Crippen molar-refractivity contribution in [3.05, 3.63) is 12.2 Å². The zero-order valence-corrected chi connectivity index (χ0v) is 22.2. The van der Waals surface area contributed by atoms with Crippen LogP contribution in [0.25, 0.3) is 0 Å². The van der Waals surface area contributed by atoms with Crippen LogP contribution in [0.15, 0.2) is 12.2 Å². The number of aliphatic hydroxyl groups excluding tert-OH is 4. The molecule has 4 unspecified atom stereocenters. The van der Waals surface area contributed by atoms with Gasteiger partial charge in [-0.15, -0.1) is 0 Å². The molecule has 0 aliphatic heterocycles. The van der Waals surface area contributed by atoms with Crippen molar-refractivity contribution in [2.24, 2.45) is 56.7 Å². The number of fused-ring (bicyclic) bond motifs is 7. The molecule has 5 saturated carbocycles. The Balaban J connectivity index is 1.54. The van der Waals surface area contributed by atoms with Gasteiger partial charge in [0.2, 0.25) is 0 Å². The molecule has 0 saturated heterocycles. The van der Waals surface area contributed by atoms with E-state index in [9.17, 15) is 20.4 Å². The SMILES string of the molecule is C=C(CO)[C@@H]1CC[C@]2(CO)CC[C@]3(C)C(CCC4[C@@]5(C)CC[C@H](O)[C@@](C)(CO)C5CC[C@]43C)C12. The molecule has 5 aliphatic carbocycles. The minimum atomic E-state index is -0.407. The van der Waals surface area contributed by atoms with Crippen molar-refractivity contribution >= 4 is 0 Å². The molecule has 4 nitrogen and oxygen atoms in total. The summed E-state index contributed by atoms with van der Waals surface area (Å²) in [6.45, 7) is 14.5. The van der Waals surface area contributed by atoms with E-state index in [0.717, 1.165) is 50.5 Å². The lowest BCUT2D eigenvalue weighted by Crippen LogP contribution is -2.67. The molecule has 194 valence electrons. The Kier molecular flexibility index (Phi) is 5.97. The quantitative estimate of drug-likeness (QED) is 0.435. The van der Waals surface area contributed by atoms with E-state index >= 15 is 0 Å². The second kappa shape index (κ2) is 8.04. The summed E-state index contributed by atoms with van der Waals surface area (Å²) in [6.07, 6.45) is 10.5. The van der Waals surface area contributed by atoms with E-state index in [1.165, 1.54) is 19.3 Å². The molecule has 0 spiro atoms. The van der Waals surface area contributed by atoms with Gasteiger partial charge in [-0.25, -0.2) is 0 Å². The van der Waals surface area contributed by atoms with Crippen LogP contribution in [-0.2, 0) is 0 Å². The number of hydrogen-bond donors (Lipinski definition) is 4. The fourth-order valence-corrected chi connectivity index (χ4v) is 11.6. The topological polar surface area (TPSA) is 80.9 Å². The molecule has 34 heavy (non-hydrogen) atoms. The molecule has 0 aromatic carbocycles. The average Bonchev–Trinajstić information content (AvgIpc) is 3.22. The molecule has 0 heterocycles. The highest BCUT2D eigenvalue weighted by Crippen LogP contribution is 2.77. The van der Waals surface area contributed by atoms with Crippen LogP contribution < -0.4 is 0 Å². The smallest absolute Gasteiger partial charge is 0.0641 e. The highest BCUT2D eigenvalue weighted by atomic mass is 16.3. The lowest BCUT2D eigenvalue weighted by atomic mass is 9.32. The van der Waals surface area contributed by atoms with Crippen molar-refractivity contribution in [2.75, 3.05) is 19.8 Å². The Hall–Kier alpha value is -0.420. The zero-order valence-electron chi connectivity index (χ0n) is 22.2. The third-order valence-corrected chi connectivity index (χ3v) is 13.8. The molecular formula is C30H50O4. The maximum absolute atomic E-state index is 10.9. The number of aliphatic hydroxyl groups is 4. The first-order chi connectivity index (χ1) is 16.0. The third-order valence-electron chi connectivity index (χ3n) is 13.8. The standard InChI is InChI=1S/C30H50O4/c1-19(16-31)20-8-13-30(18-33)15-14-28(4)21(25(20)30)6-7-23-26(2)11-10-24(34)27(3,17-32)22(26)9-12-29(23,28)5/h20-25,31-34H,1,6-18H2,2-5H3/t20-,21?,22?,23?,24-,25?,26-,27-,28+,29+,30+/m0/s1. The van der Waals surface area contributed by atoms with Gasteiger partial charge in [0.05, 0.1) is 19.3 Å². The van der Waals surface area contributed by atoms with Gasteiger partial charge >= 0.3 is 0 Å². The van der Waals surface area contributed by atoms with E-state index in [1.807, 2.05) is 0 Å². The Bertz CT molecular complexity index is 827. The minimum absolute atomic E-state index is 0.00165. The van der Waals surface area contributed by atoms with Crippen LogP contribution in [0.3, 0.4) is 0 Å². The van der Waals surface area contributed by atoms with Gasteiger partial charge in [-0.3, -0.25) is 0 Å². The second-order valence-corrected chi connectivity index (χ2v) is 14.4. The molecular weight excluding hydrogens is 424 g/mol. The summed E-state index contributed by atoms with van der Waals surface area (Å²) >= 11 is 0. The lowest BCUT2D eigenvalue weighted by molar-refractivity contribution is -0.255. The lowest BCUT2D eigenvalue weighted by Gasteiger charge is -2.73. The summed E-state index contributed by atoms with van der Waals surface area (Å²) in [7, 11) is 0. The van der Waals surface area contributed by atoms with Crippen molar-refractivity contribution in [3.63, 3.8) is 0 Å². The molecule has 0 aromatic rings. The fourth-order valence-electron chi connectivity index (χ4n) is 11.6. The number of rotatable bonds is 4. The van der Waals surface area contributed by atoms with Gasteiger partial charge < -0.3 is 20.4 Å². The molecule has 4 N–H and O–H groups in total. The van der Waals surface area contributed by atoms with Crippen molar-refractivity contribution in [1.82, 2.24) is 0 Å². The molecule has 0 aromatic heterocycles. The first-order valence-electron chi connectivity index (χ1n) is 14.2. The van der Waals surface area contributed by atoms with Crippen LogP contribution in [0.4, 0.5) is 0 Å². The van der Waals surface area contributed by atoms with Crippen LogP contribution in [-0.4, -0.2) is 46.4 Å². The van der Waals surface area contributed by atoms with Gasteiger partial charge in [-0.2, -0.15) is 0 Å². The Labute approximate surface area is 207 Å². The molecule has 11 atom stereocenters. The predicted octanol–water partition coefficient (Wildman–Crippen LogP) is 4.94. The van der Waals surface area contributed by atoms with Crippen molar-refractivity contribution in [1.29, 1.82) is 0 Å². The maximum atomic E-state index is 10.9. The van der Waals surface area contributed by atoms with Crippen molar-refractivity contribution in [2.45, 2.75) is 98.0 Å². The fraction of sp³-hybridized carbons (Fsp3) is 0.933. The molecule has 5 aliphatic rings. The van der Waals surface area contributed by atoms with Crippen LogP contribution in [0.1, 0.15) is 91.9 Å². The normalized spacial score (nSPS) is 56.7. The van der Waals surface area contributed by atoms with E-state index in [0.29, 0.717) is 29.6 Å². The van der Waals surface area contributed by atoms with E-state index in [-0.39, 0.29) is 41.5 Å². The summed E-state index contributed by atoms with van der Waals surface area (Å²) in [6, 6.07) is 0. The largest absolute Gasteiger partial charge is 0.396 e. The van der Waals surface area contributed by atoms with Gasteiger partial charge in [-0.1, -0.05) is 34.3 Å². The maximum Gasteiger partial charge on any atom is 0.0641 e. The summed E-state index contributed by atoms with van der Waals surface area (Å²) < 4.78 is 0. The molecule has 4 heteroatoms. The summed E-state index contributed by atoms with van der Waals surface area (Å²) in [5.74, 6) is 2.27. The first kappa shape index (κ1) is 25.2. The highest BCUT2D eigenvalue weighted by molar-refractivity contribution is 5.22. The van der Waals surface area contributed by atoms with Gasteiger partial charge in [0, 0.05) is 12.0 Å². The van der Waals surface area contributed by atoms with Crippen LogP contribution in [0.2, 0.25) is 0 Å². The molecule has 0 bridgehead atoms. The van der Waals surface area contributed by atoms with Crippen molar-refractivity contribution in [3.8, 4) is 0 Å². The van der Waals surface area contributed by atoms with E-state index in [2.05, 4.69) is 34.3 Å². The van der Waals surface area contributed by atoms with Gasteiger partial charge in [0.25, 0.3) is 0 Å². The monoisotopic (exact) mass is 474 g/mol. The van der Waals surface area contributed by atoms with Crippen LogP contribution in [0, 0.1) is 56.7 Å². The summed E-state index contributed by atoms with van der Waals surface area (Å²) in [5, 5.41) is 42.0. The Morgan fingerprint density at radius 2 is 1.50 bits per heavy atom. The van der Waals surface area contributed by atoms with Crippen molar-refractivity contribution < 1.29 is 20.4 Å². The van der Waals surface area contributed by atoms with E-state index < -0.39 is 11.5 Å². The second-order valence-electron chi connectivity index (χ2n) is 14.4. The van der Waals surface area contributed by atoms with Crippen LogP contribution in [0.5, 0.6) is 0 Å². The van der Waals surface area contributed by atoms with E-state index in [4.69, 9.17) is 0 Å². The van der Waals surface area contributed by atoms with Gasteiger partial charge in [0.15, 0.2) is 0 Å². The highest BCUT2D eigenvalue weighted by Gasteiger charge is 2.71. The Morgan fingerprint density at radius 3 is 2.15 bits per heavy atom. The average molecular weight is 475 g/mol. The summed E-state index contributed by atoms with van der Waals surface area (Å²) in [5.41, 5.74) is 1.15. The third kappa shape index (κ3) is 2.92. The summed E-state index contributed by atoms with van der Waals surface area (Å²) in [4.78, 5) is 0. The Morgan fingerprint density at radius 1 is 0.765 bits per heavy atom. The van der Waals surface area contributed by atoms with Gasteiger partial charge in [0.1, 0.15) is 0 Å². The molecule has 0 amide bonds. The minimum Gasteiger partial charge on any atom is -0.396 e. The first-order valence-corrected chi connectivity index (χ1v) is 14.2. The van der Waals surface area contributed by atoms with E-state index in [1.54, 1.807) is 0 Å². The number of hydrogen-bond acceptors (Lipinski definition) is 4. The molecule has 5 fully saturated rings. The predicted molar refractivity (Wildman–Crippen MR) is 135 cm³/mol. The zero-order chi connectivity index (χ0) is 24.7. The van der Waals surface area contributed by atoms with Gasteiger partial charge in [-0.05, 0) is 121 Å². The molecule has 0 radical (unpaired) electrons. The van der Waals surface area contributed by atoms with Crippen LogP contribution >= 0.6 is 0 Å².